The Balaban J connectivity index is 1.13. The molecule has 0 amide bonds. The number of nitrogens with zero attached hydrogens (tertiary/aromatic N) is 2. The predicted molar refractivity (Wildman–Crippen MR) is 211 cm³/mol. The fourth-order valence-electron chi connectivity index (χ4n) is 7.36. The van der Waals surface area contributed by atoms with E-state index >= 15 is 0 Å². The van der Waals surface area contributed by atoms with E-state index in [4.69, 9.17) is 5.73 Å². The maximum Gasteiger partial charge on any atom is 0.0618 e. The highest BCUT2D eigenvalue weighted by Crippen LogP contribution is 2.37. The molecule has 0 radical (unpaired) electrons. The molecule has 9 rings (SSSR count). The molecule has 0 atom stereocenters. The number of nitrogens with two attached hydrogens (primary N) is 1. The summed E-state index contributed by atoms with van der Waals surface area (Å²) in [4.78, 5) is 0. The van der Waals surface area contributed by atoms with Gasteiger partial charge in [-0.25, -0.2) is 0 Å². The Labute approximate surface area is 291 Å². The molecule has 238 valence electrons. The molecule has 2 N–H and O–H groups in total. The molecule has 0 aliphatic heterocycles. The van der Waals surface area contributed by atoms with Gasteiger partial charge in [-0.05, 0) is 84.1 Å². The van der Waals surface area contributed by atoms with Crippen LogP contribution in [0.2, 0.25) is 0 Å². The molecule has 0 bridgehead atoms. The van der Waals surface area contributed by atoms with E-state index < -0.39 is 0 Å². The third-order valence-corrected chi connectivity index (χ3v) is 9.77. The van der Waals surface area contributed by atoms with Gasteiger partial charge in [-0.3, -0.25) is 0 Å². The van der Waals surface area contributed by atoms with Crippen molar-refractivity contribution in [2.75, 3.05) is 0 Å². The summed E-state index contributed by atoms with van der Waals surface area (Å²) in [6.07, 6.45) is 21.0. The largest absolute Gasteiger partial charge is 0.398 e. The summed E-state index contributed by atoms with van der Waals surface area (Å²) in [6, 6.07) is 43.5. The number of fused-ring (bicyclic) bond motifs is 6. The molecule has 2 heterocycles. The quantitative estimate of drug-likeness (QED) is 0.180. The molecule has 3 nitrogen and oxygen atoms in total. The van der Waals surface area contributed by atoms with E-state index in [2.05, 4.69) is 191 Å². The van der Waals surface area contributed by atoms with Gasteiger partial charge in [0.25, 0.3) is 0 Å². The van der Waals surface area contributed by atoms with Crippen LogP contribution in [-0.2, 0) is 6.42 Å². The van der Waals surface area contributed by atoms with Crippen LogP contribution in [0.4, 0.5) is 0 Å². The van der Waals surface area contributed by atoms with E-state index in [1.807, 2.05) is 0 Å². The molecule has 2 aliphatic rings. The fraction of sp³-hybridized carbons (Fsp3) is 0.0426. The molecular formula is C47H35N3. The first-order chi connectivity index (χ1) is 24.7. The third kappa shape index (κ3) is 5.18. The van der Waals surface area contributed by atoms with Gasteiger partial charge in [0.15, 0.2) is 0 Å². The van der Waals surface area contributed by atoms with E-state index in [1.165, 1.54) is 43.8 Å². The van der Waals surface area contributed by atoms with Crippen molar-refractivity contribution >= 4 is 50.4 Å². The second kappa shape index (κ2) is 12.5. The standard InChI is InChI=1S/C47H35N3/c48-43(35-14-4-1-2-5-15-35)28-23-33-13-12-18-38(31-33)50-44-21-10-8-19-39(44)41-27-24-34(25-29-46(41)50)36-26-30-47-42(32-36)40-20-9-11-22-45(40)49(47)37-16-6-3-7-17-37/h1,3-22,24,26-32H,2,23,48H2/b43-28-. The van der Waals surface area contributed by atoms with E-state index in [9.17, 15) is 0 Å². The van der Waals surface area contributed by atoms with Crippen LogP contribution in [0.1, 0.15) is 28.8 Å². The number of benzene rings is 5. The van der Waals surface area contributed by atoms with E-state index in [1.54, 1.807) is 0 Å². The molecule has 7 aromatic rings. The molecule has 2 aromatic heterocycles. The van der Waals surface area contributed by atoms with Crippen LogP contribution in [0.5, 0.6) is 0 Å². The number of aromatic nitrogens is 2. The van der Waals surface area contributed by atoms with Gasteiger partial charge in [0, 0.05) is 50.4 Å². The van der Waals surface area contributed by atoms with Crippen LogP contribution in [0.25, 0.3) is 61.8 Å². The van der Waals surface area contributed by atoms with Gasteiger partial charge in [0.1, 0.15) is 0 Å². The maximum absolute atomic E-state index is 6.51. The zero-order chi connectivity index (χ0) is 33.4. The van der Waals surface area contributed by atoms with Crippen LogP contribution < -0.4 is 5.73 Å². The molecular weight excluding hydrogens is 607 g/mol. The lowest BCUT2D eigenvalue weighted by Gasteiger charge is -2.11. The number of allylic oxidation sites excluding steroid dienone is 8. The normalized spacial score (nSPS) is 14.2. The van der Waals surface area contributed by atoms with Crippen molar-refractivity contribution in [2.24, 2.45) is 5.73 Å². The SMILES string of the molecule is N/C(=C\Cc1cccc(-n2c3c(c4ccccc42)C=CC(c2ccc4c(c2)c2ccccc2n4-c2ccccc2)=C=C3)c1)C1=CC=CCC=C1. The van der Waals surface area contributed by atoms with Crippen LogP contribution in [0.15, 0.2) is 181 Å². The lowest BCUT2D eigenvalue weighted by Crippen LogP contribution is -2.01. The van der Waals surface area contributed by atoms with Gasteiger partial charge in [-0.15, -0.1) is 5.73 Å². The molecule has 5 aromatic carbocycles. The first kappa shape index (κ1) is 29.6. The highest BCUT2D eigenvalue weighted by Gasteiger charge is 2.18. The summed E-state index contributed by atoms with van der Waals surface area (Å²) in [6.45, 7) is 0. The molecule has 0 saturated carbocycles. The second-order valence-electron chi connectivity index (χ2n) is 12.8. The van der Waals surface area contributed by atoms with E-state index in [0.29, 0.717) is 0 Å². The van der Waals surface area contributed by atoms with Crippen molar-refractivity contribution in [3.05, 3.63) is 203 Å². The lowest BCUT2D eigenvalue weighted by molar-refractivity contribution is 1.09. The molecule has 3 heteroatoms. The molecule has 50 heavy (non-hydrogen) atoms. The minimum Gasteiger partial charge on any atom is -0.398 e. The number of hydrogen-bond acceptors (Lipinski definition) is 1. The summed E-state index contributed by atoms with van der Waals surface area (Å²) >= 11 is 0. The minimum absolute atomic E-state index is 0.749. The monoisotopic (exact) mass is 641 g/mol. The summed E-state index contributed by atoms with van der Waals surface area (Å²) in [5.41, 5.74) is 23.6. The van der Waals surface area contributed by atoms with Crippen LogP contribution >= 0.6 is 0 Å². The minimum atomic E-state index is 0.749. The smallest absolute Gasteiger partial charge is 0.0618 e. The Kier molecular flexibility index (Phi) is 7.39. The molecule has 0 saturated heterocycles. The first-order valence-electron chi connectivity index (χ1n) is 17.2. The van der Waals surface area contributed by atoms with Crippen molar-refractivity contribution in [1.82, 2.24) is 9.13 Å². The highest BCUT2D eigenvalue weighted by molar-refractivity contribution is 6.10. The van der Waals surface area contributed by atoms with Crippen molar-refractivity contribution in [3.63, 3.8) is 0 Å². The summed E-state index contributed by atoms with van der Waals surface area (Å²) in [7, 11) is 0. The Hall–Kier alpha value is -6.54. The molecule has 0 spiro atoms. The number of rotatable bonds is 6. The number of para-hydroxylation sites is 3. The van der Waals surface area contributed by atoms with Gasteiger partial charge in [0.2, 0.25) is 0 Å². The first-order valence-corrected chi connectivity index (χ1v) is 17.2. The Bertz CT molecular complexity index is 2680. The molecule has 2 aliphatic carbocycles. The van der Waals surface area contributed by atoms with Crippen molar-refractivity contribution < 1.29 is 0 Å². The van der Waals surface area contributed by atoms with Crippen molar-refractivity contribution in [2.45, 2.75) is 12.8 Å². The van der Waals surface area contributed by atoms with Gasteiger partial charge < -0.3 is 14.9 Å². The summed E-state index contributed by atoms with van der Waals surface area (Å²) < 4.78 is 4.72. The molecule has 0 fully saturated rings. The third-order valence-electron chi connectivity index (χ3n) is 9.77. The maximum atomic E-state index is 6.51. The van der Waals surface area contributed by atoms with Crippen LogP contribution in [0.3, 0.4) is 0 Å². The van der Waals surface area contributed by atoms with Gasteiger partial charge in [0.05, 0.1) is 22.2 Å². The second-order valence-corrected chi connectivity index (χ2v) is 12.8. The van der Waals surface area contributed by atoms with Gasteiger partial charge >= 0.3 is 0 Å². The zero-order valence-electron chi connectivity index (χ0n) is 27.6. The summed E-state index contributed by atoms with van der Waals surface area (Å²) in [5, 5.41) is 3.69. The highest BCUT2D eigenvalue weighted by atomic mass is 15.0. The number of hydrogen-bond donors (Lipinski definition) is 1. The van der Waals surface area contributed by atoms with E-state index in [0.717, 1.165) is 52.3 Å². The zero-order valence-corrected chi connectivity index (χ0v) is 27.6. The van der Waals surface area contributed by atoms with Gasteiger partial charge in [-0.1, -0.05) is 115 Å². The van der Waals surface area contributed by atoms with E-state index in [-0.39, 0.29) is 0 Å². The summed E-state index contributed by atoms with van der Waals surface area (Å²) in [5.74, 6) is 0. The van der Waals surface area contributed by atoms with Crippen molar-refractivity contribution in [1.29, 1.82) is 0 Å². The topological polar surface area (TPSA) is 35.9 Å². The Morgan fingerprint density at radius 1 is 0.660 bits per heavy atom. The van der Waals surface area contributed by atoms with Crippen molar-refractivity contribution in [3.8, 4) is 11.4 Å². The lowest BCUT2D eigenvalue weighted by atomic mass is 10.0. The average molecular weight is 642 g/mol. The van der Waals surface area contributed by atoms with Gasteiger partial charge in [-0.2, -0.15) is 0 Å². The van der Waals surface area contributed by atoms with Crippen LogP contribution in [-0.4, -0.2) is 9.13 Å². The average Bonchev–Trinajstić information content (AvgIpc) is 3.37. The molecule has 0 unspecified atom stereocenters. The Morgan fingerprint density at radius 2 is 1.42 bits per heavy atom. The fourth-order valence-corrected chi connectivity index (χ4v) is 7.36. The predicted octanol–water partition coefficient (Wildman–Crippen LogP) is 11.3. The van der Waals surface area contributed by atoms with Crippen LogP contribution in [0, 0.1) is 0 Å². The Morgan fingerprint density at radius 3 is 2.30 bits per heavy atom.